The first-order chi connectivity index (χ1) is 9.61. The summed E-state index contributed by atoms with van der Waals surface area (Å²) in [6.45, 7) is 2.95. The van der Waals surface area contributed by atoms with Crippen molar-refractivity contribution in [3.05, 3.63) is 23.0 Å². The average molecular weight is 295 g/mol. The molecule has 3 rings (SSSR count). The monoisotopic (exact) mass is 294 g/mol. The van der Waals surface area contributed by atoms with E-state index in [-0.39, 0.29) is 0 Å². The summed E-state index contributed by atoms with van der Waals surface area (Å²) < 4.78 is 12.4. The molecule has 6 nitrogen and oxygen atoms in total. The number of imidazole rings is 1. The second-order valence-corrected chi connectivity index (χ2v) is 4.87. The standard InChI is InChI=1S/C13H15ClN4O2/c1-2-10-17-11(13(15)18(10)16)7-5-8(14)12-9(6-7)19-3-4-20-12/h5-6H,2-4,15-16H2,1H3. The van der Waals surface area contributed by atoms with Crippen molar-refractivity contribution in [3.63, 3.8) is 0 Å². The molecule has 1 aromatic heterocycles. The highest BCUT2D eigenvalue weighted by Gasteiger charge is 2.20. The van der Waals surface area contributed by atoms with Gasteiger partial charge in [0.15, 0.2) is 17.3 Å². The van der Waals surface area contributed by atoms with E-state index >= 15 is 0 Å². The molecule has 0 fully saturated rings. The largest absolute Gasteiger partial charge is 0.486 e. The van der Waals surface area contributed by atoms with Gasteiger partial charge in [0.1, 0.15) is 24.7 Å². The molecule has 4 N–H and O–H groups in total. The van der Waals surface area contributed by atoms with E-state index in [1.807, 2.05) is 13.0 Å². The van der Waals surface area contributed by atoms with Gasteiger partial charge in [-0.1, -0.05) is 18.5 Å². The third-order valence-electron chi connectivity index (χ3n) is 3.21. The molecule has 1 aliphatic heterocycles. The molecule has 2 aromatic rings. The number of benzene rings is 1. The number of fused-ring (bicyclic) bond motifs is 1. The fourth-order valence-corrected chi connectivity index (χ4v) is 2.47. The van der Waals surface area contributed by atoms with Crippen molar-refractivity contribution in [2.45, 2.75) is 13.3 Å². The number of halogens is 1. The van der Waals surface area contributed by atoms with Crippen molar-refractivity contribution in [1.82, 2.24) is 9.66 Å². The highest BCUT2D eigenvalue weighted by atomic mass is 35.5. The first-order valence-electron chi connectivity index (χ1n) is 6.33. The van der Waals surface area contributed by atoms with Crippen LogP contribution < -0.4 is 21.1 Å². The van der Waals surface area contributed by atoms with Crippen LogP contribution in [0.5, 0.6) is 11.5 Å². The van der Waals surface area contributed by atoms with Crippen molar-refractivity contribution in [2.75, 3.05) is 24.8 Å². The number of anilines is 1. The number of hydrogen-bond acceptors (Lipinski definition) is 5. The molecule has 0 saturated carbocycles. The fourth-order valence-electron chi connectivity index (χ4n) is 2.20. The lowest BCUT2D eigenvalue weighted by Crippen LogP contribution is -2.16. The molecular formula is C13H15ClN4O2. The number of aryl methyl sites for hydroxylation is 1. The van der Waals surface area contributed by atoms with E-state index in [9.17, 15) is 0 Å². The van der Waals surface area contributed by atoms with Crippen molar-refractivity contribution >= 4 is 17.4 Å². The van der Waals surface area contributed by atoms with Gasteiger partial charge in [-0.2, -0.15) is 0 Å². The zero-order valence-corrected chi connectivity index (χ0v) is 11.8. The zero-order chi connectivity index (χ0) is 14.3. The van der Waals surface area contributed by atoms with E-state index in [0.29, 0.717) is 53.5 Å². The molecule has 0 radical (unpaired) electrons. The lowest BCUT2D eigenvalue weighted by molar-refractivity contribution is 0.172. The maximum Gasteiger partial charge on any atom is 0.179 e. The lowest BCUT2D eigenvalue weighted by Gasteiger charge is -2.20. The predicted octanol–water partition coefficient (Wildman–Crippen LogP) is 1.83. The highest BCUT2D eigenvalue weighted by Crippen LogP contribution is 2.41. The van der Waals surface area contributed by atoms with Crippen molar-refractivity contribution < 1.29 is 9.47 Å². The second-order valence-electron chi connectivity index (χ2n) is 4.47. The van der Waals surface area contributed by atoms with Crippen LogP contribution in [0.1, 0.15) is 12.7 Å². The molecule has 0 aliphatic carbocycles. The first-order valence-corrected chi connectivity index (χ1v) is 6.71. The van der Waals surface area contributed by atoms with Crippen LogP contribution in [0.15, 0.2) is 12.1 Å². The SMILES string of the molecule is CCc1nc(-c2cc(Cl)c3c(c2)OCCO3)c(N)n1N. The van der Waals surface area contributed by atoms with E-state index in [1.54, 1.807) is 6.07 Å². The number of ether oxygens (including phenoxy) is 2. The number of nitrogen functional groups attached to an aromatic ring is 2. The Hall–Kier alpha value is -2.08. The smallest absolute Gasteiger partial charge is 0.179 e. The molecule has 0 atom stereocenters. The molecule has 106 valence electrons. The molecule has 1 aliphatic rings. The Morgan fingerprint density at radius 3 is 2.80 bits per heavy atom. The number of nitrogens with zero attached hydrogens (tertiary/aromatic N) is 2. The van der Waals surface area contributed by atoms with Crippen LogP contribution in [0, 0.1) is 0 Å². The number of aromatic nitrogens is 2. The molecule has 0 saturated heterocycles. The molecule has 0 spiro atoms. The van der Waals surface area contributed by atoms with Crippen LogP contribution >= 0.6 is 11.6 Å². The normalized spacial score (nSPS) is 13.5. The summed E-state index contributed by atoms with van der Waals surface area (Å²) in [6, 6.07) is 3.58. The highest BCUT2D eigenvalue weighted by molar-refractivity contribution is 6.32. The average Bonchev–Trinajstić information content (AvgIpc) is 2.75. The van der Waals surface area contributed by atoms with Crippen molar-refractivity contribution in [2.24, 2.45) is 0 Å². The lowest BCUT2D eigenvalue weighted by atomic mass is 10.1. The number of nitrogens with two attached hydrogens (primary N) is 2. The van der Waals surface area contributed by atoms with Crippen LogP contribution in [-0.2, 0) is 6.42 Å². The molecule has 20 heavy (non-hydrogen) atoms. The molecule has 1 aromatic carbocycles. The molecule has 0 amide bonds. The Kier molecular flexibility index (Phi) is 3.10. The van der Waals surface area contributed by atoms with E-state index in [2.05, 4.69) is 4.98 Å². The van der Waals surface area contributed by atoms with Crippen molar-refractivity contribution in [3.8, 4) is 22.8 Å². The van der Waals surface area contributed by atoms with Gasteiger partial charge in [0.25, 0.3) is 0 Å². The van der Waals surface area contributed by atoms with Crippen LogP contribution in [0.2, 0.25) is 5.02 Å². The van der Waals surface area contributed by atoms with E-state index in [0.717, 1.165) is 5.56 Å². The van der Waals surface area contributed by atoms with Crippen molar-refractivity contribution in [1.29, 1.82) is 0 Å². The van der Waals surface area contributed by atoms with Gasteiger partial charge < -0.3 is 21.1 Å². The van der Waals surface area contributed by atoms with E-state index in [4.69, 9.17) is 32.7 Å². The maximum absolute atomic E-state index is 6.22. The fraction of sp³-hybridized carbons (Fsp3) is 0.308. The summed E-state index contributed by atoms with van der Waals surface area (Å²) in [5.74, 6) is 8.13. The minimum Gasteiger partial charge on any atom is -0.486 e. The van der Waals surface area contributed by atoms with Gasteiger partial charge in [0.2, 0.25) is 0 Å². The van der Waals surface area contributed by atoms with Gasteiger partial charge in [-0.15, -0.1) is 0 Å². The summed E-state index contributed by atoms with van der Waals surface area (Å²) in [5.41, 5.74) is 7.36. The summed E-state index contributed by atoms with van der Waals surface area (Å²) in [5, 5.41) is 0.473. The topological polar surface area (TPSA) is 88.3 Å². The van der Waals surface area contributed by atoms with Gasteiger partial charge in [-0.05, 0) is 12.1 Å². The Bertz CT molecular complexity index is 669. The number of hydrogen-bond donors (Lipinski definition) is 2. The Balaban J connectivity index is 2.13. The van der Waals surface area contributed by atoms with Crippen LogP contribution in [0.3, 0.4) is 0 Å². The number of rotatable bonds is 2. The Morgan fingerprint density at radius 1 is 1.35 bits per heavy atom. The molecule has 0 unspecified atom stereocenters. The zero-order valence-electron chi connectivity index (χ0n) is 11.0. The van der Waals surface area contributed by atoms with Gasteiger partial charge in [-0.3, -0.25) is 0 Å². The minimum absolute atomic E-state index is 0.398. The minimum atomic E-state index is 0.398. The van der Waals surface area contributed by atoms with Crippen LogP contribution in [0.4, 0.5) is 5.82 Å². The molecule has 7 heteroatoms. The summed E-state index contributed by atoms with van der Waals surface area (Å²) >= 11 is 6.22. The van der Waals surface area contributed by atoms with Gasteiger partial charge in [0, 0.05) is 12.0 Å². The van der Waals surface area contributed by atoms with Crippen LogP contribution in [-0.4, -0.2) is 22.9 Å². The van der Waals surface area contributed by atoms with Gasteiger partial charge in [0.05, 0.1) is 5.02 Å². The quantitative estimate of drug-likeness (QED) is 0.825. The summed E-state index contributed by atoms with van der Waals surface area (Å²) in [4.78, 5) is 4.45. The third-order valence-corrected chi connectivity index (χ3v) is 3.49. The molecular weight excluding hydrogens is 280 g/mol. The Labute approximate surface area is 121 Å². The summed E-state index contributed by atoms with van der Waals surface area (Å²) in [7, 11) is 0. The molecule has 0 bridgehead atoms. The van der Waals surface area contributed by atoms with E-state index in [1.165, 1.54) is 4.68 Å². The Morgan fingerprint density at radius 2 is 2.10 bits per heavy atom. The summed E-state index contributed by atoms with van der Waals surface area (Å²) in [6.07, 6.45) is 0.693. The second kappa shape index (κ2) is 4.79. The third kappa shape index (κ3) is 1.92. The maximum atomic E-state index is 6.22. The van der Waals surface area contributed by atoms with Gasteiger partial charge >= 0.3 is 0 Å². The molecule has 2 heterocycles. The predicted molar refractivity (Wildman–Crippen MR) is 77.6 cm³/mol. The van der Waals surface area contributed by atoms with E-state index < -0.39 is 0 Å². The van der Waals surface area contributed by atoms with Crippen LogP contribution in [0.25, 0.3) is 11.3 Å². The van der Waals surface area contributed by atoms with Gasteiger partial charge in [-0.25, -0.2) is 9.66 Å². The first kappa shape index (κ1) is 12.9.